The number of hydrogen-bond acceptors (Lipinski definition) is 6. The lowest BCUT2D eigenvalue weighted by Crippen LogP contribution is -2.30. The van der Waals surface area contributed by atoms with Gasteiger partial charge in [-0.05, 0) is 44.0 Å². The number of carbonyl (C=O) groups excluding carboxylic acids is 1. The number of amides is 1. The first-order valence-electron chi connectivity index (χ1n) is 9.44. The van der Waals surface area contributed by atoms with Crippen molar-refractivity contribution < 1.29 is 22.0 Å². The van der Waals surface area contributed by atoms with E-state index >= 15 is 0 Å². The maximum Gasteiger partial charge on any atom is 0.286 e. The van der Waals surface area contributed by atoms with Crippen LogP contribution in [0.2, 0.25) is 0 Å². The Morgan fingerprint density at radius 1 is 1.13 bits per heavy atom. The number of rotatable bonds is 5. The number of aromatic nitrogens is 2. The molecule has 2 aromatic carbocycles. The van der Waals surface area contributed by atoms with Crippen molar-refractivity contribution in [2.75, 3.05) is 11.9 Å². The van der Waals surface area contributed by atoms with Crippen molar-refractivity contribution in [2.45, 2.75) is 30.7 Å². The summed E-state index contributed by atoms with van der Waals surface area (Å²) in [5, 5.41) is 10.7. The Morgan fingerprint density at radius 3 is 2.58 bits per heavy atom. The third kappa shape index (κ3) is 4.34. The SMILES string of the molecule is Cc1ccc(S(=O)(=O)N2CCC[C@H]2c2nnc(C(=O)Nc3ccc(F)c(F)c3)s2)cc1. The highest BCUT2D eigenvalue weighted by Crippen LogP contribution is 2.37. The molecule has 1 aliphatic heterocycles. The summed E-state index contributed by atoms with van der Waals surface area (Å²) in [6.07, 6.45) is 1.22. The lowest BCUT2D eigenvalue weighted by Gasteiger charge is -2.22. The molecule has 31 heavy (non-hydrogen) atoms. The summed E-state index contributed by atoms with van der Waals surface area (Å²) in [7, 11) is -3.73. The quantitative estimate of drug-likeness (QED) is 0.618. The highest BCUT2D eigenvalue weighted by atomic mass is 32.2. The van der Waals surface area contributed by atoms with E-state index in [9.17, 15) is 22.0 Å². The van der Waals surface area contributed by atoms with E-state index in [0.29, 0.717) is 24.4 Å². The summed E-state index contributed by atoms with van der Waals surface area (Å²) < 4.78 is 54.0. The minimum absolute atomic E-state index is 0.000632. The normalized spacial score (nSPS) is 17.1. The van der Waals surface area contributed by atoms with Crippen molar-refractivity contribution in [3.8, 4) is 0 Å². The first-order valence-corrected chi connectivity index (χ1v) is 11.7. The van der Waals surface area contributed by atoms with E-state index in [1.54, 1.807) is 24.3 Å². The maximum absolute atomic E-state index is 13.3. The van der Waals surface area contributed by atoms with Gasteiger partial charge in [0, 0.05) is 18.3 Å². The fraction of sp³-hybridized carbons (Fsp3) is 0.250. The fourth-order valence-corrected chi connectivity index (χ4v) is 5.95. The lowest BCUT2D eigenvalue weighted by molar-refractivity contribution is 0.102. The van der Waals surface area contributed by atoms with Crippen molar-refractivity contribution in [1.82, 2.24) is 14.5 Å². The highest BCUT2D eigenvalue weighted by Gasteiger charge is 2.38. The van der Waals surface area contributed by atoms with Gasteiger partial charge in [0.25, 0.3) is 5.91 Å². The van der Waals surface area contributed by atoms with Crippen LogP contribution < -0.4 is 5.32 Å². The third-order valence-electron chi connectivity index (χ3n) is 4.93. The van der Waals surface area contributed by atoms with Crippen LogP contribution in [0.1, 0.15) is 39.3 Å². The van der Waals surface area contributed by atoms with Crippen molar-refractivity contribution in [3.05, 3.63) is 69.7 Å². The number of halogens is 2. The van der Waals surface area contributed by atoms with Gasteiger partial charge in [-0.1, -0.05) is 29.0 Å². The van der Waals surface area contributed by atoms with Crippen LogP contribution in [0.3, 0.4) is 0 Å². The molecule has 1 fully saturated rings. The van der Waals surface area contributed by atoms with E-state index in [0.717, 1.165) is 29.0 Å². The van der Waals surface area contributed by atoms with Crippen LogP contribution in [0.4, 0.5) is 14.5 Å². The van der Waals surface area contributed by atoms with Gasteiger partial charge in [0.15, 0.2) is 11.6 Å². The lowest BCUT2D eigenvalue weighted by atomic mass is 10.2. The Kier molecular flexibility index (Phi) is 5.82. The first kappa shape index (κ1) is 21.5. The molecule has 0 saturated carbocycles. The number of carbonyl (C=O) groups is 1. The van der Waals surface area contributed by atoms with Gasteiger partial charge in [-0.2, -0.15) is 4.31 Å². The largest absolute Gasteiger partial charge is 0.320 e. The zero-order valence-electron chi connectivity index (χ0n) is 16.4. The molecule has 0 aliphatic carbocycles. The molecular weight excluding hydrogens is 446 g/mol. The van der Waals surface area contributed by atoms with Gasteiger partial charge in [0.2, 0.25) is 15.0 Å². The predicted octanol–water partition coefficient (Wildman–Crippen LogP) is 3.90. The first-order chi connectivity index (χ1) is 14.8. The van der Waals surface area contributed by atoms with Crippen molar-refractivity contribution in [2.24, 2.45) is 0 Å². The molecule has 3 aromatic rings. The van der Waals surface area contributed by atoms with Crippen LogP contribution in [0.25, 0.3) is 0 Å². The minimum Gasteiger partial charge on any atom is -0.320 e. The van der Waals surface area contributed by atoms with E-state index in [2.05, 4.69) is 15.5 Å². The van der Waals surface area contributed by atoms with Crippen molar-refractivity contribution in [1.29, 1.82) is 0 Å². The zero-order chi connectivity index (χ0) is 22.2. The second-order valence-corrected chi connectivity index (χ2v) is 10.0. The van der Waals surface area contributed by atoms with E-state index in [4.69, 9.17) is 0 Å². The maximum atomic E-state index is 13.3. The second kappa shape index (κ2) is 8.40. The molecule has 1 aromatic heterocycles. The number of benzene rings is 2. The van der Waals surface area contributed by atoms with Gasteiger partial charge >= 0.3 is 0 Å². The Bertz CT molecular complexity index is 1230. The van der Waals surface area contributed by atoms with Crippen LogP contribution >= 0.6 is 11.3 Å². The monoisotopic (exact) mass is 464 g/mol. The Balaban J connectivity index is 1.54. The third-order valence-corrected chi connectivity index (χ3v) is 7.87. The number of aryl methyl sites for hydroxylation is 1. The Morgan fingerprint density at radius 2 is 1.87 bits per heavy atom. The molecule has 0 bridgehead atoms. The Labute approximate surface area is 181 Å². The average molecular weight is 465 g/mol. The molecule has 11 heteroatoms. The van der Waals surface area contributed by atoms with E-state index < -0.39 is 33.6 Å². The van der Waals surface area contributed by atoms with Crippen molar-refractivity contribution in [3.63, 3.8) is 0 Å². The van der Waals surface area contributed by atoms with Crippen LogP contribution in [0.15, 0.2) is 47.4 Å². The van der Waals surface area contributed by atoms with Crippen LogP contribution in [-0.2, 0) is 10.0 Å². The molecule has 0 unspecified atom stereocenters. The number of nitrogens with one attached hydrogen (secondary N) is 1. The van der Waals surface area contributed by atoms with E-state index in [1.807, 2.05) is 6.92 Å². The van der Waals surface area contributed by atoms with Crippen molar-refractivity contribution >= 4 is 33.0 Å². The number of sulfonamides is 1. The summed E-state index contributed by atoms with van der Waals surface area (Å²) in [5.41, 5.74) is 1.03. The topological polar surface area (TPSA) is 92.3 Å². The van der Waals surface area contributed by atoms with Crippen LogP contribution in [0.5, 0.6) is 0 Å². The van der Waals surface area contributed by atoms with Gasteiger partial charge in [0.1, 0.15) is 5.01 Å². The molecule has 2 heterocycles. The Hall–Kier alpha value is -2.76. The summed E-state index contributed by atoms with van der Waals surface area (Å²) in [6, 6.07) is 9.10. The average Bonchev–Trinajstić information content (AvgIpc) is 3.40. The fourth-order valence-electron chi connectivity index (χ4n) is 3.34. The van der Waals surface area contributed by atoms with Gasteiger partial charge in [-0.25, -0.2) is 17.2 Å². The summed E-state index contributed by atoms with van der Waals surface area (Å²) in [4.78, 5) is 12.6. The smallest absolute Gasteiger partial charge is 0.286 e. The molecule has 0 radical (unpaired) electrons. The summed E-state index contributed by atoms with van der Waals surface area (Å²) >= 11 is 0.974. The van der Waals surface area contributed by atoms with Gasteiger partial charge in [0.05, 0.1) is 10.9 Å². The molecule has 1 saturated heterocycles. The van der Waals surface area contributed by atoms with Crippen LogP contribution in [0, 0.1) is 18.6 Å². The molecule has 1 amide bonds. The van der Waals surface area contributed by atoms with Gasteiger partial charge in [-0.15, -0.1) is 10.2 Å². The molecule has 4 rings (SSSR count). The standard InChI is InChI=1S/C20H18F2N4O3S2/c1-12-4-7-14(8-5-12)31(28,29)26-10-2-3-17(26)19-24-25-20(30-19)18(27)23-13-6-9-15(21)16(22)11-13/h4-9,11,17H,2-3,10H2,1H3,(H,23,27)/t17-/m0/s1. The van der Waals surface area contributed by atoms with Crippen LogP contribution in [-0.4, -0.2) is 35.4 Å². The number of nitrogens with zero attached hydrogens (tertiary/aromatic N) is 3. The molecule has 1 N–H and O–H groups in total. The molecule has 0 spiro atoms. The van der Waals surface area contributed by atoms with Gasteiger partial charge in [-0.3, -0.25) is 4.79 Å². The van der Waals surface area contributed by atoms with E-state index in [1.165, 1.54) is 10.4 Å². The molecular formula is C20H18F2N4O3S2. The number of anilines is 1. The second-order valence-electron chi connectivity index (χ2n) is 7.12. The predicted molar refractivity (Wildman–Crippen MR) is 111 cm³/mol. The summed E-state index contributed by atoms with van der Waals surface area (Å²) in [5.74, 6) is -2.74. The molecule has 1 atom stereocenters. The minimum atomic E-state index is -3.73. The summed E-state index contributed by atoms with van der Waals surface area (Å²) in [6.45, 7) is 2.22. The zero-order valence-corrected chi connectivity index (χ0v) is 18.0. The highest BCUT2D eigenvalue weighted by molar-refractivity contribution is 7.89. The molecule has 7 nitrogen and oxygen atoms in total. The van der Waals surface area contributed by atoms with Gasteiger partial charge < -0.3 is 5.32 Å². The number of hydrogen-bond donors (Lipinski definition) is 1. The van der Waals surface area contributed by atoms with E-state index in [-0.39, 0.29) is 15.6 Å². The molecule has 162 valence electrons. The molecule has 1 aliphatic rings.